The number of nitrogens with zero attached hydrogens (tertiary/aromatic N) is 1. The van der Waals surface area contributed by atoms with Crippen LogP contribution < -0.4 is 19.1 Å². The predicted octanol–water partition coefficient (Wildman–Crippen LogP) is 6.77. The third kappa shape index (κ3) is 7.45. The van der Waals surface area contributed by atoms with Gasteiger partial charge in [-0.25, -0.2) is 5.43 Å². The van der Waals surface area contributed by atoms with Gasteiger partial charge in [-0.05, 0) is 65.7 Å². The van der Waals surface area contributed by atoms with Crippen molar-refractivity contribution < 1.29 is 26.9 Å². The molecule has 0 fully saturated rings. The summed E-state index contributed by atoms with van der Waals surface area (Å²) in [6.45, 7) is 0.342. The van der Waals surface area contributed by atoms with Crippen molar-refractivity contribution in [3.8, 4) is 17.2 Å². The topological polar surface area (TPSA) is 103 Å². The third-order valence-corrected chi connectivity index (χ3v) is 7.41. The second kappa shape index (κ2) is 13.1. The maximum absolute atomic E-state index is 12.6. The number of rotatable bonds is 10. The van der Waals surface area contributed by atoms with Crippen LogP contribution in [0.1, 0.15) is 21.5 Å². The van der Waals surface area contributed by atoms with E-state index in [0.717, 1.165) is 5.56 Å². The Morgan fingerprint density at radius 2 is 1.57 bits per heavy atom. The zero-order chi connectivity index (χ0) is 28.7. The fraction of sp³-hybridized carbons (Fsp3) is 0.0714. The van der Waals surface area contributed by atoms with E-state index < -0.39 is 16.0 Å². The van der Waals surface area contributed by atoms with Crippen LogP contribution in [0.4, 0.5) is 0 Å². The molecular formula is C28H21Cl3N2O6S. The molecule has 1 amide bonds. The number of methoxy groups -OCH3 is 1. The molecule has 0 saturated carbocycles. The van der Waals surface area contributed by atoms with Crippen LogP contribution in [0.25, 0.3) is 0 Å². The molecule has 0 aliphatic heterocycles. The summed E-state index contributed by atoms with van der Waals surface area (Å²) in [5.74, 6) is 0.114. The van der Waals surface area contributed by atoms with E-state index in [9.17, 15) is 13.2 Å². The molecule has 0 unspecified atom stereocenters. The lowest BCUT2D eigenvalue weighted by Crippen LogP contribution is -2.17. The minimum absolute atomic E-state index is 0.0753. The standard InChI is InChI=1S/C28H21Cl3N2O6S/c1-37-26-15-20(7-12-25(26)38-17-18-5-3-2-4-6-18)28(34)33-32-16-19-13-23(30)27(24(31)14-19)39-40(35,36)22-10-8-21(29)9-11-22/h2-16H,17H2,1H3,(H,33,34)/b32-16+. The molecule has 12 heteroatoms. The van der Waals surface area contributed by atoms with Crippen molar-refractivity contribution in [1.29, 1.82) is 0 Å². The first kappa shape index (κ1) is 29.2. The fourth-order valence-corrected chi connectivity index (χ4v) is 5.15. The van der Waals surface area contributed by atoms with Crippen molar-refractivity contribution in [2.24, 2.45) is 5.10 Å². The van der Waals surface area contributed by atoms with E-state index >= 15 is 0 Å². The summed E-state index contributed by atoms with van der Waals surface area (Å²) >= 11 is 18.3. The summed E-state index contributed by atoms with van der Waals surface area (Å²) in [5, 5.41) is 4.15. The number of benzene rings is 4. The van der Waals surface area contributed by atoms with Crippen molar-refractivity contribution in [2.45, 2.75) is 11.5 Å². The van der Waals surface area contributed by atoms with Crippen LogP contribution >= 0.6 is 34.8 Å². The molecule has 0 spiro atoms. The first-order valence-corrected chi connectivity index (χ1v) is 14.1. The van der Waals surface area contributed by atoms with Crippen molar-refractivity contribution in [1.82, 2.24) is 5.43 Å². The van der Waals surface area contributed by atoms with Gasteiger partial charge in [0.2, 0.25) is 0 Å². The summed E-state index contributed by atoms with van der Waals surface area (Å²) in [5.41, 5.74) is 4.06. The quantitative estimate of drug-likeness (QED) is 0.119. The number of amides is 1. The molecule has 206 valence electrons. The lowest BCUT2D eigenvalue weighted by atomic mass is 10.2. The minimum atomic E-state index is -4.21. The maximum Gasteiger partial charge on any atom is 0.339 e. The highest BCUT2D eigenvalue weighted by Crippen LogP contribution is 2.36. The third-order valence-electron chi connectivity index (χ3n) is 5.36. The van der Waals surface area contributed by atoms with Crippen molar-refractivity contribution >= 4 is 57.0 Å². The van der Waals surface area contributed by atoms with Gasteiger partial charge in [0.05, 0.1) is 23.4 Å². The van der Waals surface area contributed by atoms with Gasteiger partial charge < -0.3 is 13.7 Å². The van der Waals surface area contributed by atoms with Crippen LogP contribution in [0, 0.1) is 0 Å². The molecule has 0 aromatic heterocycles. The van der Waals surface area contributed by atoms with E-state index in [0.29, 0.717) is 28.7 Å². The van der Waals surface area contributed by atoms with Gasteiger partial charge in [-0.1, -0.05) is 65.1 Å². The highest BCUT2D eigenvalue weighted by atomic mass is 35.5. The average Bonchev–Trinajstić information content (AvgIpc) is 2.94. The number of hydrogen-bond donors (Lipinski definition) is 1. The van der Waals surface area contributed by atoms with Gasteiger partial charge in [-0.3, -0.25) is 4.79 Å². The van der Waals surface area contributed by atoms with Crippen molar-refractivity contribution in [3.05, 3.63) is 117 Å². The average molecular weight is 620 g/mol. The molecule has 40 heavy (non-hydrogen) atoms. The van der Waals surface area contributed by atoms with Gasteiger partial charge in [0.25, 0.3) is 5.91 Å². The van der Waals surface area contributed by atoms with Crippen LogP contribution in [0.2, 0.25) is 15.1 Å². The number of ether oxygens (including phenoxy) is 2. The zero-order valence-electron chi connectivity index (χ0n) is 20.8. The molecule has 0 heterocycles. The first-order valence-electron chi connectivity index (χ1n) is 11.5. The van der Waals surface area contributed by atoms with Crippen molar-refractivity contribution in [2.75, 3.05) is 7.11 Å². The highest BCUT2D eigenvalue weighted by Gasteiger charge is 2.21. The number of carbonyl (C=O) groups is 1. The minimum Gasteiger partial charge on any atom is -0.493 e. The summed E-state index contributed by atoms with van der Waals surface area (Å²) < 4.78 is 41.5. The summed E-state index contributed by atoms with van der Waals surface area (Å²) in [6, 6.07) is 22.6. The number of nitrogens with one attached hydrogen (secondary N) is 1. The lowest BCUT2D eigenvalue weighted by molar-refractivity contribution is 0.0954. The normalized spacial score (nSPS) is 11.3. The smallest absolute Gasteiger partial charge is 0.339 e. The van der Waals surface area contributed by atoms with Crippen LogP contribution in [0.15, 0.2) is 94.9 Å². The Kier molecular flexibility index (Phi) is 9.54. The molecule has 8 nitrogen and oxygen atoms in total. The zero-order valence-corrected chi connectivity index (χ0v) is 23.9. The summed E-state index contributed by atoms with van der Waals surface area (Å²) in [4.78, 5) is 12.5. The molecule has 0 bridgehead atoms. The Bertz CT molecular complexity index is 1620. The largest absolute Gasteiger partial charge is 0.493 e. The molecule has 0 saturated heterocycles. The van der Waals surface area contributed by atoms with Crippen LogP contribution in [0.3, 0.4) is 0 Å². The van der Waals surface area contributed by atoms with Crippen molar-refractivity contribution in [3.63, 3.8) is 0 Å². The molecule has 0 aliphatic rings. The van der Waals surface area contributed by atoms with Gasteiger partial charge in [-0.2, -0.15) is 13.5 Å². The molecular weight excluding hydrogens is 599 g/mol. The van der Waals surface area contributed by atoms with E-state index in [4.69, 9.17) is 48.5 Å². The monoisotopic (exact) mass is 618 g/mol. The van der Waals surface area contributed by atoms with Gasteiger partial charge in [0.15, 0.2) is 17.2 Å². The molecule has 1 N–H and O–H groups in total. The van der Waals surface area contributed by atoms with Crippen LogP contribution in [0.5, 0.6) is 17.2 Å². The fourth-order valence-electron chi connectivity index (χ4n) is 3.39. The van der Waals surface area contributed by atoms with Crippen LogP contribution in [-0.4, -0.2) is 27.6 Å². The molecule has 0 atom stereocenters. The van der Waals surface area contributed by atoms with Gasteiger partial charge in [0.1, 0.15) is 11.5 Å². The second-order valence-electron chi connectivity index (χ2n) is 8.14. The van der Waals surface area contributed by atoms with E-state index in [1.165, 1.54) is 55.8 Å². The Morgan fingerprint density at radius 3 is 2.23 bits per heavy atom. The van der Waals surface area contributed by atoms with Gasteiger partial charge in [-0.15, -0.1) is 0 Å². The Hall–Kier alpha value is -3.76. The van der Waals surface area contributed by atoms with Gasteiger partial charge in [0, 0.05) is 10.6 Å². The Balaban J connectivity index is 1.41. The Morgan fingerprint density at radius 1 is 0.900 bits per heavy atom. The SMILES string of the molecule is COc1cc(C(=O)N/N=C/c2cc(Cl)c(OS(=O)(=O)c3ccc(Cl)cc3)c(Cl)c2)ccc1OCc1ccccc1. The maximum atomic E-state index is 12.6. The summed E-state index contributed by atoms with van der Waals surface area (Å²) in [7, 11) is -2.73. The number of carbonyl (C=O) groups excluding carboxylic acids is 1. The molecule has 0 aliphatic carbocycles. The first-order chi connectivity index (χ1) is 19.2. The molecule has 0 radical (unpaired) electrons. The highest BCUT2D eigenvalue weighted by molar-refractivity contribution is 7.87. The number of halogens is 3. The van der Waals surface area contributed by atoms with E-state index in [2.05, 4.69) is 10.5 Å². The Labute approximate surface area is 246 Å². The van der Waals surface area contributed by atoms with Crippen LogP contribution in [-0.2, 0) is 16.7 Å². The van der Waals surface area contributed by atoms with Gasteiger partial charge >= 0.3 is 10.1 Å². The number of hydrogen-bond acceptors (Lipinski definition) is 7. The summed E-state index contributed by atoms with van der Waals surface area (Å²) in [6.07, 6.45) is 1.29. The van der Waals surface area contributed by atoms with E-state index in [-0.39, 0.29) is 26.3 Å². The van der Waals surface area contributed by atoms with E-state index in [1.807, 2.05) is 30.3 Å². The molecule has 4 rings (SSSR count). The second-order valence-corrected chi connectivity index (χ2v) is 10.9. The van der Waals surface area contributed by atoms with E-state index in [1.54, 1.807) is 12.1 Å². The number of hydrazone groups is 1. The predicted molar refractivity (Wildman–Crippen MR) is 155 cm³/mol. The lowest BCUT2D eigenvalue weighted by Gasteiger charge is -2.12. The molecule has 4 aromatic carbocycles. The molecule has 4 aromatic rings.